The van der Waals surface area contributed by atoms with Crippen LogP contribution in [-0.4, -0.2) is 17.0 Å². The minimum Gasteiger partial charge on any atom is -0.258 e. The summed E-state index contributed by atoms with van der Waals surface area (Å²) in [6.07, 6.45) is -7.28. The number of benzene rings is 1. The first kappa shape index (κ1) is 13.3. The molecule has 0 unspecified atom stereocenters. The zero-order valence-electron chi connectivity index (χ0n) is 8.17. The molecule has 0 radical (unpaired) electrons. The maximum Gasteiger partial charge on any atom is 0.453 e. The molecule has 0 atom stereocenters. The first-order valence-corrected chi connectivity index (χ1v) is 4.31. The monoisotopic (exact) mass is 255 g/mol. The Hall–Kier alpha value is -1.73. The molecule has 0 bridgehead atoms. The van der Waals surface area contributed by atoms with Gasteiger partial charge in [-0.3, -0.25) is 10.1 Å². The topological polar surface area (TPSA) is 43.1 Å². The van der Waals surface area contributed by atoms with Crippen LogP contribution in [0.15, 0.2) is 24.3 Å². The van der Waals surface area contributed by atoms with Crippen molar-refractivity contribution in [3.8, 4) is 0 Å². The number of non-ortho nitro benzene ring substituents is 1. The molecule has 0 saturated carbocycles. The van der Waals surface area contributed by atoms with E-state index >= 15 is 0 Å². The number of rotatable bonds is 3. The number of hydrogen-bond donors (Lipinski definition) is 0. The molecule has 0 aromatic heterocycles. The molecule has 1 rings (SSSR count). The highest BCUT2D eigenvalue weighted by atomic mass is 19.4. The Labute approximate surface area is 92.0 Å². The van der Waals surface area contributed by atoms with Crippen LogP contribution in [0, 0.1) is 10.1 Å². The molecule has 94 valence electrons. The van der Waals surface area contributed by atoms with Gasteiger partial charge < -0.3 is 0 Å². The van der Waals surface area contributed by atoms with E-state index in [1.165, 1.54) is 0 Å². The zero-order chi connectivity index (χ0) is 13.3. The Morgan fingerprint density at radius 1 is 1.18 bits per heavy atom. The van der Waals surface area contributed by atoms with Gasteiger partial charge >= 0.3 is 12.1 Å². The van der Waals surface area contributed by atoms with Crippen molar-refractivity contribution in [3.63, 3.8) is 0 Å². The molecule has 0 heterocycles. The molecule has 3 nitrogen and oxygen atoms in total. The summed E-state index contributed by atoms with van der Waals surface area (Å²) in [6, 6.07) is 3.74. The Balaban J connectivity index is 2.96. The van der Waals surface area contributed by atoms with Gasteiger partial charge in [0, 0.05) is 18.6 Å². The summed E-state index contributed by atoms with van der Waals surface area (Å²) >= 11 is 0. The highest BCUT2D eigenvalue weighted by Crippen LogP contribution is 2.38. The average Bonchev–Trinajstić information content (AvgIpc) is 2.15. The standard InChI is InChI=1S/C9H6F5NO2/c10-8(11,9(12,13)14)5-6-2-1-3-7(4-6)15(16)17/h1-4H,5H2. The molecule has 1 aromatic rings. The van der Waals surface area contributed by atoms with Crippen molar-refractivity contribution in [2.45, 2.75) is 18.5 Å². The lowest BCUT2D eigenvalue weighted by atomic mass is 10.1. The van der Waals surface area contributed by atoms with Crippen molar-refractivity contribution in [3.05, 3.63) is 39.9 Å². The number of alkyl halides is 5. The van der Waals surface area contributed by atoms with E-state index in [4.69, 9.17) is 0 Å². The molecule has 0 N–H and O–H groups in total. The van der Waals surface area contributed by atoms with Gasteiger partial charge in [-0.15, -0.1) is 0 Å². The van der Waals surface area contributed by atoms with Crippen LogP contribution >= 0.6 is 0 Å². The van der Waals surface area contributed by atoms with E-state index in [1.54, 1.807) is 0 Å². The van der Waals surface area contributed by atoms with Crippen LogP contribution in [0.25, 0.3) is 0 Å². The summed E-state index contributed by atoms with van der Waals surface area (Å²) in [6.45, 7) is 0. The maximum absolute atomic E-state index is 12.7. The van der Waals surface area contributed by atoms with Gasteiger partial charge in [0.25, 0.3) is 5.69 Å². The molecule has 0 aliphatic heterocycles. The third-order valence-electron chi connectivity index (χ3n) is 1.96. The number of hydrogen-bond acceptors (Lipinski definition) is 2. The summed E-state index contributed by atoms with van der Waals surface area (Å²) in [7, 11) is 0. The molecule has 0 fully saturated rings. The minimum atomic E-state index is -5.67. The van der Waals surface area contributed by atoms with Crippen molar-refractivity contribution in [2.24, 2.45) is 0 Å². The minimum absolute atomic E-state index is 0.443. The molecule has 0 amide bonds. The first-order valence-electron chi connectivity index (χ1n) is 4.31. The van der Waals surface area contributed by atoms with Crippen molar-refractivity contribution in [2.75, 3.05) is 0 Å². The Morgan fingerprint density at radius 3 is 2.24 bits per heavy atom. The van der Waals surface area contributed by atoms with E-state index in [0.717, 1.165) is 18.2 Å². The first-order chi connectivity index (χ1) is 7.63. The van der Waals surface area contributed by atoms with Gasteiger partial charge in [-0.2, -0.15) is 22.0 Å². The van der Waals surface area contributed by atoms with E-state index < -0.39 is 34.7 Å². The van der Waals surface area contributed by atoms with Crippen LogP contribution in [0.3, 0.4) is 0 Å². The zero-order valence-corrected chi connectivity index (χ0v) is 8.17. The van der Waals surface area contributed by atoms with Gasteiger partial charge in [0.15, 0.2) is 0 Å². The van der Waals surface area contributed by atoms with Gasteiger partial charge in [0.05, 0.1) is 4.92 Å². The second kappa shape index (κ2) is 4.27. The third kappa shape index (κ3) is 3.11. The quantitative estimate of drug-likeness (QED) is 0.472. The van der Waals surface area contributed by atoms with Crippen LogP contribution in [0.5, 0.6) is 0 Å². The van der Waals surface area contributed by atoms with Crippen LogP contribution in [0.1, 0.15) is 5.56 Å². The van der Waals surface area contributed by atoms with Crippen LogP contribution in [-0.2, 0) is 6.42 Å². The van der Waals surface area contributed by atoms with E-state index in [9.17, 15) is 32.1 Å². The molecule has 0 aliphatic rings. The predicted octanol–water partition coefficient (Wildman–Crippen LogP) is 3.33. The lowest BCUT2D eigenvalue weighted by Gasteiger charge is -2.19. The molecule has 17 heavy (non-hydrogen) atoms. The van der Waals surface area contributed by atoms with Gasteiger partial charge in [-0.25, -0.2) is 0 Å². The number of nitro groups is 1. The van der Waals surface area contributed by atoms with Crippen molar-refractivity contribution in [1.82, 2.24) is 0 Å². The number of halogens is 5. The van der Waals surface area contributed by atoms with Crippen molar-refractivity contribution < 1.29 is 26.9 Å². The molecular formula is C9H6F5NO2. The van der Waals surface area contributed by atoms with Crippen LogP contribution in [0.2, 0.25) is 0 Å². The van der Waals surface area contributed by atoms with Gasteiger partial charge in [-0.1, -0.05) is 12.1 Å². The smallest absolute Gasteiger partial charge is 0.258 e. The van der Waals surface area contributed by atoms with E-state index in [0.29, 0.717) is 6.07 Å². The molecule has 8 heteroatoms. The van der Waals surface area contributed by atoms with Crippen molar-refractivity contribution >= 4 is 5.69 Å². The van der Waals surface area contributed by atoms with Gasteiger partial charge in [0.1, 0.15) is 0 Å². The highest BCUT2D eigenvalue weighted by Gasteiger charge is 2.57. The number of nitrogens with zero attached hydrogens (tertiary/aromatic N) is 1. The molecular weight excluding hydrogens is 249 g/mol. The van der Waals surface area contributed by atoms with Gasteiger partial charge in [-0.05, 0) is 5.56 Å². The van der Waals surface area contributed by atoms with Gasteiger partial charge in [0.2, 0.25) is 0 Å². The second-order valence-electron chi connectivity index (χ2n) is 3.31. The fraction of sp³-hybridized carbons (Fsp3) is 0.333. The summed E-state index contributed by atoms with van der Waals surface area (Å²) in [4.78, 5) is 9.45. The predicted molar refractivity (Wildman–Crippen MR) is 47.8 cm³/mol. The highest BCUT2D eigenvalue weighted by molar-refractivity contribution is 5.34. The van der Waals surface area contributed by atoms with Crippen LogP contribution in [0.4, 0.5) is 27.6 Å². The Morgan fingerprint density at radius 2 is 1.76 bits per heavy atom. The lowest BCUT2D eigenvalue weighted by molar-refractivity contribution is -0.385. The summed E-state index contributed by atoms with van der Waals surface area (Å²) in [5.41, 5.74) is -0.970. The average molecular weight is 255 g/mol. The number of nitro benzene ring substituents is 1. The van der Waals surface area contributed by atoms with E-state index in [2.05, 4.69) is 0 Å². The van der Waals surface area contributed by atoms with E-state index in [1.807, 2.05) is 0 Å². The molecule has 0 aliphatic carbocycles. The Kier molecular flexibility index (Phi) is 3.35. The lowest BCUT2D eigenvalue weighted by Crippen LogP contribution is -2.38. The van der Waals surface area contributed by atoms with Crippen molar-refractivity contribution in [1.29, 1.82) is 0 Å². The summed E-state index contributed by atoms with van der Waals surface area (Å²) in [5.74, 6) is -4.90. The maximum atomic E-state index is 12.7. The third-order valence-corrected chi connectivity index (χ3v) is 1.96. The summed E-state index contributed by atoms with van der Waals surface area (Å²) < 4.78 is 61.0. The largest absolute Gasteiger partial charge is 0.453 e. The molecule has 1 aromatic carbocycles. The molecule has 0 spiro atoms. The molecule has 0 saturated heterocycles. The Bertz CT molecular complexity index is 430. The SMILES string of the molecule is O=[N+]([O-])c1cccc(CC(F)(F)C(F)(F)F)c1. The normalized spacial score (nSPS) is 12.5. The fourth-order valence-corrected chi connectivity index (χ4v) is 1.14. The fourth-order valence-electron chi connectivity index (χ4n) is 1.14. The van der Waals surface area contributed by atoms with E-state index in [-0.39, 0.29) is 0 Å². The second-order valence-corrected chi connectivity index (χ2v) is 3.31. The summed E-state index contributed by atoms with van der Waals surface area (Å²) in [5, 5.41) is 10.3. The van der Waals surface area contributed by atoms with Crippen LogP contribution < -0.4 is 0 Å².